The maximum Gasteiger partial charge on any atom is 0.124 e. The Kier molecular flexibility index (Phi) is 4.95. The van der Waals surface area contributed by atoms with E-state index in [0.29, 0.717) is 9.13 Å². The number of rotatable bonds is 4. The second-order valence-corrected chi connectivity index (χ2v) is 4.73. The largest absolute Gasteiger partial charge is 0.386 e. The van der Waals surface area contributed by atoms with Crippen molar-refractivity contribution in [2.24, 2.45) is 0 Å². The first-order valence-corrected chi connectivity index (χ1v) is 5.83. The molecule has 1 aromatic carbocycles. The Bertz CT molecular complexity index is 328. The van der Waals surface area contributed by atoms with E-state index in [1.807, 2.05) is 36.4 Å². The molecule has 0 aliphatic carbocycles. The molecule has 15 heavy (non-hydrogen) atoms. The molecule has 1 rings (SSSR count). The number of hydrogen-bond donors (Lipinski definition) is 1. The average molecular weight is 324 g/mol. The molecule has 0 saturated heterocycles. The molecule has 0 aliphatic rings. The van der Waals surface area contributed by atoms with Gasteiger partial charge in [0.25, 0.3) is 0 Å². The van der Waals surface area contributed by atoms with E-state index in [1.54, 1.807) is 6.07 Å². The summed E-state index contributed by atoms with van der Waals surface area (Å²) < 4.78 is 18.8. The SMILES string of the molecule is CC(C)OCC(O)c1ccc(F)cc1I. The van der Waals surface area contributed by atoms with E-state index in [2.05, 4.69) is 0 Å². The Morgan fingerprint density at radius 1 is 1.47 bits per heavy atom. The minimum atomic E-state index is -0.695. The minimum Gasteiger partial charge on any atom is -0.386 e. The van der Waals surface area contributed by atoms with Crippen LogP contribution in [0.1, 0.15) is 25.5 Å². The van der Waals surface area contributed by atoms with Gasteiger partial charge in [-0.25, -0.2) is 4.39 Å². The maximum atomic E-state index is 12.8. The summed E-state index contributed by atoms with van der Waals surface area (Å²) in [6.07, 6.45) is -0.613. The van der Waals surface area contributed by atoms with Crippen LogP contribution in [0.4, 0.5) is 4.39 Å². The van der Waals surface area contributed by atoms with Gasteiger partial charge in [0.15, 0.2) is 0 Å². The Balaban J connectivity index is 2.69. The van der Waals surface area contributed by atoms with Gasteiger partial charge in [-0.2, -0.15) is 0 Å². The molecule has 0 heterocycles. The highest BCUT2D eigenvalue weighted by Gasteiger charge is 2.12. The van der Waals surface area contributed by atoms with Crippen LogP contribution in [-0.4, -0.2) is 17.8 Å². The second-order valence-electron chi connectivity index (χ2n) is 3.56. The van der Waals surface area contributed by atoms with E-state index in [-0.39, 0.29) is 18.5 Å². The number of benzene rings is 1. The van der Waals surface area contributed by atoms with Crippen LogP contribution in [-0.2, 0) is 4.74 Å². The van der Waals surface area contributed by atoms with Gasteiger partial charge in [0.2, 0.25) is 0 Å². The van der Waals surface area contributed by atoms with Gasteiger partial charge < -0.3 is 9.84 Å². The van der Waals surface area contributed by atoms with E-state index in [0.717, 1.165) is 0 Å². The van der Waals surface area contributed by atoms with Gasteiger partial charge in [-0.3, -0.25) is 0 Å². The summed E-state index contributed by atoms with van der Waals surface area (Å²) in [5, 5.41) is 9.79. The van der Waals surface area contributed by atoms with E-state index >= 15 is 0 Å². The fourth-order valence-electron chi connectivity index (χ4n) is 1.15. The monoisotopic (exact) mass is 324 g/mol. The Morgan fingerprint density at radius 2 is 2.13 bits per heavy atom. The normalized spacial score (nSPS) is 13.2. The zero-order chi connectivity index (χ0) is 11.4. The molecule has 1 aromatic rings. The van der Waals surface area contributed by atoms with Crippen molar-refractivity contribution in [3.63, 3.8) is 0 Å². The molecular weight excluding hydrogens is 310 g/mol. The van der Waals surface area contributed by atoms with Gasteiger partial charge in [0.1, 0.15) is 11.9 Å². The van der Waals surface area contributed by atoms with E-state index in [1.165, 1.54) is 12.1 Å². The third kappa shape index (κ3) is 4.04. The summed E-state index contributed by atoms with van der Waals surface area (Å²) in [6.45, 7) is 4.05. The van der Waals surface area contributed by atoms with Gasteiger partial charge in [0, 0.05) is 3.57 Å². The Morgan fingerprint density at radius 3 is 2.67 bits per heavy atom. The molecule has 4 heteroatoms. The quantitative estimate of drug-likeness (QED) is 0.863. The lowest BCUT2D eigenvalue weighted by atomic mass is 10.1. The maximum absolute atomic E-state index is 12.8. The third-order valence-corrected chi connectivity index (χ3v) is 2.84. The van der Waals surface area contributed by atoms with Gasteiger partial charge >= 0.3 is 0 Å². The highest BCUT2D eigenvalue weighted by atomic mass is 127. The smallest absolute Gasteiger partial charge is 0.124 e. The van der Waals surface area contributed by atoms with Crippen molar-refractivity contribution in [2.45, 2.75) is 26.1 Å². The molecule has 0 saturated carbocycles. The van der Waals surface area contributed by atoms with Crippen molar-refractivity contribution in [1.29, 1.82) is 0 Å². The topological polar surface area (TPSA) is 29.5 Å². The average Bonchev–Trinajstić information content (AvgIpc) is 2.14. The lowest BCUT2D eigenvalue weighted by molar-refractivity contribution is 0.00459. The molecule has 1 N–H and O–H groups in total. The van der Waals surface area contributed by atoms with Crippen LogP contribution in [0.3, 0.4) is 0 Å². The predicted molar refractivity (Wildman–Crippen MR) is 65.2 cm³/mol. The van der Waals surface area contributed by atoms with Crippen molar-refractivity contribution in [3.05, 3.63) is 33.1 Å². The summed E-state index contributed by atoms with van der Waals surface area (Å²) in [5.41, 5.74) is 0.706. The van der Waals surface area contributed by atoms with Gasteiger partial charge in [-0.15, -0.1) is 0 Å². The molecule has 1 atom stereocenters. The van der Waals surface area contributed by atoms with Crippen molar-refractivity contribution in [1.82, 2.24) is 0 Å². The number of aliphatic hydroxyl groups excluding tert-OH is 1. The van der Waals surface area contributed by atoms with Crippen LogP contribution in [0.2, 0.25) is 0 Å². The lowest BCUT2D eigenvalue weighted by Crippen LogP contribution is -2.12. The zero-order valence-electron chi connectivity index (χ0n) is 8.71. The second kappa shape index (κ2) is 5.77. The number of ether oxygens (including phenoxy) is 1. The molecule has 0 fully saturated rings. The summed E-state index contributed by atoms with van der Waals surface area (Å²) in [7, 11) is 0. The first kappa shape index (κ1) is 12.9. The van der Waals surface area contributed by atoms with Crippen molar-refractivity contribution in [2.75, 3.05) is 6.61 Å². The molecule has 84 valence electrons. The molecule has 0 radical (unpaired) electrons. The minimum absolute atomic E-state index is 0.0813. The fourth-order valence-corrected chi connectivity index (χ4v) is 1.98. The number of halogens is 2. The Labute approximate surface area is 103 Å². The van der Waals surface area contributed by atoms with Crippen LogP contribution in [0, 0.1) is 9.39 Å². The van der Waals surface area contributed by atoms with Gasteiger partial charge in [-0.05, 0) is 54.1 Å². The summed E-state index contributed by atoms with van der Waals surface area (Å²) in [4.78, 5) is 0. The molecule has 0 aliphatic heterocycles. The first-order chi connectivity index (χ1) is 7.00. The molecular formula is C11H14FIO2. The van der Waals surface area contributed by atoms with E-state index < -0.39 is 6.10 Å². The zero-order valence-corrected chi connectivity index (χ0v) is 10.9. The van der Waals surface area contributed by atoms with Crippen LogP contribution in [0.15, 0.2) is 18.2 Å². The highest BCUT2D eigenvalue weighted by molar-refractivity contribution is 14.1. The first-order valence-electron chi connectivity index (χ1n) is 4.75. The Hall–Kier alpha value is -0.200. The molecule has 0 bridgehead atoms. The van der Waals surface area contributed by atoms with Crippen LogP contribution in [0.5, 0.6) is 0 Å². The van der Waals surface area contributed by atoms with Crippen molar-refractivity contribution >= 4 is 22.6 Å². The molecule has 0 amide bonds. The van der Waals surface area contributed by atoms with E-state index in [9.17, 15) is 9.50 Å². The molecule has 0 spiro atoms. The molecule has 2 nitrogen and oxygen atoms in total. The van der Waals surface area contributed by atoms with Gasteiger partial charge in [0.05, 0.1) is 12.7 Å². The number of aliphatic hydroxyl groups is 1. The molecule has 1 unspecified atom stereocenters. The summed E-state index contributed by atoms with van der Waals surface area (Å²) in [6, 6.07) is 4.33. The highest BCUT2D eigenvalue weighted by Crippen LogP contribution is 2.21. The van der Waals surface area contributed by atoms with Crippen LogP contribution in [0.25, 0.3) is 0 Å². The van der Waals surface area contributed by atoms with Gasteiger partial charge in [-0.1, -0.05) is 6.07 Å². The number of hydrogen-bond acceptors (Lipinski definition) is 2. The summed E-state index contributed by atoms with van der Waals surface area (Å²) in [5.74, 6) is -0.292. The summed E-state index contributed by atoms with van der Waals surface area (Å²) >= 11 is 2.00. The predicted octanol–water partition coefficient (Wildman–Crippen LogP) is 2.89. The third-order valence-electron chi connectivity index (χ3n) is 1.91. The van der Waals surface area contributed by atoms with E-state index in [4.69, 9.17) is 4.74 Å². The standard InChI is InChI=1S/C11H14FIO2/c1-7(2)15-6-11(14)9-4-3-8(12)5-10(9)13/h3-5,7,11,14H,6H2,1-2H3. The fraction of sp³-hybridized carbons (Fsp3) is 0.455. The molecule has 0 aromatic heterocycles. The lowest BCUT2D eigenvalue weighted by Gasteiger charge is -2.15. The van der Waals surface area contributed by atoms with Crippen LogP contribution < -0.4 is 0 Å². The van der Waals surface area contributed by atoms with Crippen LogP contribution >= 0.6 is 22.6 Å². The van der Waals surface area contributed by atoms with Crippen molar-refractivity contribution in [3.8, 4) is 0 Å². The van der Waals surface area contributed by atoms with Crippen molar-refractivity contribution < 1.29 is 14.2 Å².